The normalized spacial score (nSPS) is 11.2. The van der Waals surface area contributed by atoms with E-state index in [2.05, 4.69) is 15.9 Å². The van der Waals surface area contributed by atoms with Gasteiger partial charge in [-0.15, -0.1) is 0 Å². The molecule has 1 aromatic heterocycles. The molecule has 0 spiro atoms. The Kier molecular flexibility index (Phi) is 2.80. The third-order valence-corrected chi connectivity index (χ3v) is 3.12. The van der Waals surface area contributed by atoms with Gasteiger partial charge in [0.2, 0.25) is 0 Å². The van der Waals surface area contributed by atoms with Crippen molar-refractivity contribution in [1.82, 2.24) is 4.57 Å². The molecule has 0 aliphatic rings. The highest BCUT2D eigenvalue weighted by molar-refractivity contribution is 9.10. The lowest BCUT2D eigenvalue weighted by Gasteiger charge is -2.05. The first kappa shape index (κ1) is 10.6. The SMILES string of the molecule is Cc1cc2c(Br)cc(F)cc2n1CCO. The smallest absolute Gasteiger partial charge is 0.126 e. The summed E-state index contributed by atoms with van der Waals surface area (Å²) in [5.74, 6) is -0.272. The predicted octanol–water partition coefficient (Wildman–Crippen LogP) is 2.84. The molecule has 0 aliphatic carbocycles. The second-order valence-electron chi connectivity index (χ2n) is 3.48. The largest absolute Gasteiger partial charge is 0.395 e. The van der Waals surface area contributed by atoms with Crippen LogP contribution in [0.15, 0.2) is 22.7 Å². The van der Waals surface area contributed by atoms with E-state index in [9.17, 15) is 4.39 Å². The highest BCUT2D eigenvalue weighted by Crippen LogP contribution is 2.28. The molecule has 0 saturated heterocycles. The predicted molar refractivity (Wildman–Crippen MR) is 61.4 cm³/mol. The Morgan fingerprint density at radius 2 is 2.13 bits per heavy atom. The molecular formula is C11H11BrFNO. The Morgan fingerprint density at radius 3 is 2.80 bits per heavy atom. The van der Waals surface area contributed by atoms with Gasteiger partial charge in [0, 0.05) is 22.1 Å². The number of aliphatic hydroxyl groups is 1. The maximum Gasteiger partial charge on any atom is 0.126 e. The quantitative estimate of drug-likeness (QED) is 0.893. The van der Waals surface area contributed by atoms with Crippen molar-refractivity contribution in [3.05, 3.63) is 34.2 Å². The summed E-state index contributed by atoms with van der Waals surface area (Å²) in [7, 11) is 0. The van der Waals surface area contributed by atoms with Gasteiger partial charge >= 0.3 is 0 Å². The Morgan fingerprint density at radius 1 is 1.40 bits per heavy atom. The van der Waals surface area contributed by atoms with Crippen LogP contribution < -0.4 is 0 Å². The van der Waals surface area contributed by atoms with Gasteiger partial charge in [0.15, 0.2) is 0 Å². The topological polar surface area (TPSA) is 25.2 Å². The highest BCUT2D eigenvalue weighted by atomic mass is 79.9. The van der Waals surface area contributed by atoms with E-state index in [4.69, 9.17) is 5.11 Å². The van der Waals surface area contributed by atoms with E-state index in [1.165, 1.54) is 12.1 Å². The number of benzene rings is 1. The molecule has 80 valence electrons. The minimum Gasteiger partial charge on any atom is -0.395 e. The zero-order valence-corrected chi connectivity index (χ0v) is 9.88. The van der Waals surface area contributed by atoms with Gasteiger partial charge in [-0.25, -0.2) is 4.39 Å². The van der Waals surface area contributed by atoms with Crippen molar-refractivity contribution in [3.8, 4) is 0 Å². The molecular weight excluding hydrogens is 261 g/mol. The number of aryl methyl sites for hydroxylation is 1. The molecule has 15 heavy (non-hydrogen) atoms. The molecule has 2 nitrogen and oxygen atoms in total. The summed E-state index contributed by atoms with van der Waals surface area (Å²) in [5, 5.41) is 9.91. The van der Waals surface area contributed by atoms with E-state index in [-0.39, 0.29) is 12.4 Å². The summed E-state index contributed by atoms with van der Waals surface area (Å²) in [5.41, 5.74) is 1.83. The zero-order valence-electron chi connectivity index (χ0n) is 8.30. The van der Waals surface area contributed by atoms with Crippen LogP contribution >= 0.6 is 15.9 Å². The number of hydrogen-bond acceptors (Lipinski definition) is 1. The Balaban J connectivity index is 2.74. The maximum atomic E-state index is 13.2. The average molecular weight is 272 g/mol. The first-order chi connectivity index (χ1) is 7.13. The number of hydrogen-bond donors (Lipinski definition) is 1. The van der Waals surface area contributed by atoms with Crippen LogP contribution in [0.1, 0.15) is 5.69 Å². The first-order valence-electron chi connectivity index (χ1n) is 4.69. The van der Waals surface area contributed by atoms with Crippen LogP contribution in [-0.2, 0) is 6.54 Å². The number of aliphatic hydroxyl groups excluding tert-OH is 1. The fourth-order valence-electron chi connectivity index (χ4n) is 1.81. The molecule has 0 unspecified atom stereocenters. The van der Waals surface area contributed by atoms with Crippen molar-refractivity contribution in [1.29, 1.82) is 0 Å². The summed E-state index contributed by atoms with van der Waals surface area (Å²) in [6, 6.07) is 4.92. The van der Waals surface area contributed by atoms with Gasteiger partial charge in [-0.1, -0.05) is 0 Å². The van der Waals surface area contributed by atoms with Crippen molar-refractivity contribution in [2.45, 2.75) is 13.5 Å². The van der Waals surface area contributed by atoms with Crippen molar-refractivity contribution in [2.75, 3.05) is 6.61 Å². The average Bonchev–Trinajstić information content (AvgIpc) is 2.46. The fourth-order valence-corrected chi connectivity index (χ4v) is 2.35. The van der Waals surface area contributed by atoms with Crippen molar-refractivity contribution in [2.24, 2.45) is 0 Å². The first-order valence-corrected chi connectivity index (χ1v) is 5.48. The summed E-state index contributed by atoms with van der Waals surface area (Å²) in [6.45, 7) is 2.49. The lowest BCUT2D eigenvalue weighted by molar-refractivity contribution is 0.277. The van der Waals surface area contributed by atoms with Crippen molar-refractivity contribution >= 4 is 26.8 Å². The molecule has 0 radical (unpaired) electrons. The molecule has 0 saturated carbocycles. The molecule has 0 fully saturated rings. The zero-order chi connectivity index (χ0) is 11.0. The summed E-state index contributed by atoms with van der Waals surface area (Å²) in [6.07, 6.45) is 0. The number of nitrogens with zero attached hydrogens (tertiary/aromatic N) is 1. The van der Waals surface area contributed by atoms with E-state index in [1.54, 1.807) is 0 Å². The van der Waals surface area contributed by atoms with E-state index in [0.717, 1.165) is 21.1 Å². The third-order valence-electron chi connectivity index (χ3n) is 2.47. The van der Waals surface area contributed by atoms with Gasteiger partial charge in [-0.05, 0) is 41.1 Å². The molecule has 2 aromatic rings. The minimum atomic E-state index is -0.272. The Hall–Kier alpha value is -0.870. The maximum absolute atomic E-state index is 13.2. The van der Waals surface area contributed by atoms with Crippen LogP contribution in [0.25, 0.3) is 10.9 Å². The molecule has 0 atom stereocenters. The van der Waals surface area contributed by atoms with Gasteiger partial charge in [0.1, 0.15) is 5.82 Å². The minimum absolute atomic E-state index is 0.0543. The monoisotopic (exact) mass is 271 g/mol. The van der Waals surface area contributed by atoms with Gasteiger partial charge < -0.3 is 9.67 Å². The second kappa shape index (κ2) is 3.94. The second-order valence-corrected chi connectivity index (χ2v) is 4.34. The van der Waals surface area contributed by atoms with Crippen LogP contribution in [0.5, 0.6) is 0 Å². The Bertz CT molecular complexity index is 507. The third kappa shape index (κ3) is 1.79. The van der Waals surface area contributed by atoms with Crippen LogP contribution in [-0.4, -0.2) is 16.3 Å². The summed E-state index contributed by atoms with van der Waals surface area (Å²) in [4.78, 5) is 0. The van der Waals surface area contributed by atoms with Gasteiger partial charge in [-0.2, -0.15) is 0 Å². The molecule has 1 N–H and O–H groups in total. The lowest BCUT2D eigenvalue weighted by atomic mass is 10.2. The van der Waals surface area contributed by atoms with E-state index in [0.29, 0.717) is 6.54 Å². The highest BCUT2D eigenvalue weighted by Gasteiger charge is 2.09. The molecule has 2 rings (SSSR count). The van der Waals surface area contributed by atoms with Gasteiger partial charge in [-0.3, -0.25) is 0 Å². The van der Waals surface area contributed by atoms with Crippen molar-refractivity contribution in [3.63, 3.8) is 0 Å². The number of halogens is 2. The molecule has 0 bridgehead atoms. The molecule has 1 aromatic carbocycles. The molecule has 4 heteroatoms. The van der Waals surface area contributed by atoms with E-state index in [1.807, 2.05) is 17.6 Å². The summed E-state index contributed by atoms with van der Waals surface area (Å²) >= 11 is 3.33. The van der Waals surface area contributed by atoms with E-state index >= 15 is 0 Å². The van der Waals surface area contributed by atoms with Crippen LogP contribution in [0.4, 0.5) is 4.39 Å². The van der Waals surface area contributed by atoms with Crippen LogP contribution in [0.2, 0.25) is 0 Å². The number of fused-ring (bicyclic) bond motifs is 1. The summed E-state index contributed by atoms with van der Waals surface area (Å²) < 4.78 is 15.9. The number of rotatable bonds is 2. The molecule has 0 amide bonds. The van der Waals surface area contributed by atoms with Gasteiger partial charge in [0.25, 0.3) is 0 Å². The van der Waals surface area contributed by atoms with Crippen LogP contribution in [0.3, 0.4) is 0 Å². The number of aromatic nitrogens is 1. The molecule has 1 heterocycles. The lowest BCUT2D eigenvalue weighted by Crippen LogP contribution is -2.03. The van der Waals surface area contributed by atoms with E-state index < -0.39 is 0 Å². The van der Waals surface area contributed by atoms with Crippen molar-refractivity contribution < 1.29 is 9.50 Å². The Labute approximate surface area is 95.5 Å². The fraction of sp³-hybridized carbons (Fsp3) is 0.273. The van der Waals surface area contributed by atoms with Gasteiger partial charge in [0.05, 0.1) is 12.1 Å². The standard InChI is InChI=1S/C11H11BrFNO/c1-7-4-9-10(12)5-8(13)6-11(9)14(7)2-3-15/h4-6,15H,2-3H2,1H3. The van der Waals surface area contributed by atoms with Crippen LogP contribution in [0, 0.1) is 12.7 Å². The molecule has 0 aliphatic heterocycles.